The lowest BCUT2D eigenvalue weighted by atomic mass is 9.92. The van der Waals surface area contributed by atoms with E-state index < -0.39 is 0 Å². The van der Waals surface area contributed by atoms with Crippen LogP contribution in [0.15, 0.2) is 18.3 Å². The second kappa shape index (κ2) is 7.44. The maximum atomic E-state index is 4.56. The van der Waals surface area contributed by atoms with Gasteiger partial charge in [0.25, 0.3) is 0 Å². The molecule has 1 N–H and O–H groups in total. The Labute approximate surface area is 106 Å². The normalized spacial score (nSPS) is 13.0. The van der Waals surface area contributed by atoms with Gasteiger partial charge in [0.2, 0.25) is 0 Å². The van der Waals surface area contributed by atoms with Gasteiger partial charge in [0.1, 0.15) is 0 Å². The van der Waals surface area contributed by atoms with Gasteiger partial charge in [0, 0.05) is 12.2 Å². The van der Waals surface area contributed by atoms with Crippen LogP contribution >= 0.6 is 0 Å². The first kappa shape index (κ1) is 14.2. The zero-order valence-corrected chi connectivity index (χ0v) is 11.7. The Bertz CT molecular complexity index is 318. The lowest BCUT2D eigenvalue weighted by molar-refractivity contribution is 0.370. The summed E-state index contributed by atoms with van der Waals surface area (Å²) in [7, 11) is 0. The molecule has 1 heterocycles. The second-order valence-corrected chi connectivity index (χ2v) is 4.73. The first-order chi connectivity index (χ1) is 8.22. The van der Waals surface area contributed by atoms with Crippen molar-refractivity contribution in [3.05, 3.63) is 29.6 Å². The minimum atomic E-state index is 0.408. The lowest BCUT2D eigenvalue weighted by Gasteiger charge is -2.23. The summed E-state index contributed by atoms with van der Waals surface area (Å²) in [6.45, 7) is 9.88. The van der Waals surface area contributed by atoms with Gasteiger partial charge in [0.05, 0.1) is 5.69 Å². The molecule has 2 nitrogen and oxygen atoms in total. The second-order valence-electron chi connectivity index (χ2n) is 4.73. The molecule has 0 aliphatic heterocycles. The molecule has 0 spiro atoms. The number of hydrogen-bond acceptors (Lipinski definition) is 2. The van der Waals surface area contributed by atoms with E-state index in [1.165, 1.54) is 30.5 Å². The summed E-state index contributed by atoms with van der Waals surface area (Å²) in [4.78, 5) is 4.56. The van der Waals surface area contributed by atoms with Gasteiger partial charge in [-0.1, -0.05) is 39.7 Å². The lowest BCUT2D eigenvalue weighted by Crippen LogP contribution is -2.25. The predicted molar refractivity (Wildman–Crippen MR) is 74.1 cm³/mol. The average Bonchev–Trinajstić information content (AvgIpc) is 2.35. The van der Waals surface area contributed by atoms with Crippen LogP contribution in [0.25, 0.3) is 0 Å². The van der Waals surface area contributed by atoms with Gasteiger partial charge in [-0.15, -0.1) is 0 Å². The molecule has 0 bridgehead atoms. The van der Waals surface area contributed by atoms with Crippen molar-refractivity contribution < 1.29 is 0 Å². The number of aromatic nitrogens is 1. The molecule has 2 heteroatoms. The number of nitrogens with one attached hydrogen (secondary N) is 1. The van der Waals surface area contributed by atoms with Crippen molar-refractivity contribution in [2.24, 2.45) is 5.92 Å². The van der Waals surface area contributed by atoms with E-state index in [0.717, 1.165) is 12.5 Å². The third-order valence-electron chi connectivity index (χ3n) is 3.55. The molecule has 0 saturated heterocycles. The van der Waals surface area contributed by atoms with E-state index in [1.54, 1.807) is 0 Å². The van der Waals surface area contributed by atoms with E-state index in [-0.39, 0.29) is 0 Å². The monoisotopic (exact) mass is 234 g/mol. The van der Waals surface area contributed by atoms with Crippen LogP contribution in [0.5, 0.6) is 0 Å². The van der Waals surface area contributed by atoms with Gasteiger partial charge in [-0.3, -0.25) is 4.98 Å². The zero-order chi connectivity index (χ0) is 12.7. The molecular formula is C15H26N2. The Hall–Kier alpha value is -0.890. The molecule has 1 aromatic rings. The summed E-state index contributed by atoms with van der Waals surface area (Å²) in [5, 5.41) is 3.58. The van der Waals surface area contributed by atoms with Gasteiger partial charge in [0.15, 0.2) is 0 Å². The molecule has 1 unspecified atom stereocenters. The Kier molecular flexibility index (Phi) is 6.20. The maximum Gasteiger partial charge on any atom is 0.0602 e. The zero-order valence-electron chi connectivity index (χ0n) is 11.7. The van der Waals surface area contributed by atoms with Gasteiger partial charge >= 0.3 is 0 Å². The number of pyridine rings is 1. The Morgan fingerprint density at radius 3 is 2.47 bits per heavy atom. The third-order valence-corrected chi connectivity index (χ3v) is 3.55. The molecule has 0 fully saturated rings. The summed E-state index contributed by atoms with van der Waals surface area (Å²) in [5.74, 6) is 0.792. The summed E-state index contributed by atoms with van der Waals surface area (Å²) in [6, 6.07) is 4.57. The fourth-order valence-corrected chi connectivity index (χ4v) is 2.36. The number of nitrogens with zero attached hydrogens (tertiary/aromatic N) is 1. The van der Waals surface area contributed by atoms with Crippen LogP contribution in [0.4, 0.5) is 0 Å². The van der Waals surface area contributed by atoms with Crippen LogP contribution in [0.2, 0.25) is 0 Å². The Morgan fingerprint density at radius 2 is 1.94 bits per heavy atom. The molecule has 1 aromatic heterocycles. The van der Waals surface area contributed by atoms with Crippen molar-refractivity contribution >= 4 is 0 Å². The summed E-state index contributed by atoms with van der Waals surface area (Å²) in [5.41, 5.74) is 2.52. The highest BCUT2D eigenvalue weighted by molar-refractivity contribution is 5.21. The van der Waals surface area contributed by atoms with Crippen molar-refractivity contribution in [1.29, 1.82) is 0 Å². The fraction of sp³-hybridized carbons (Fsp3) is 0.667. The van der Waals surface area contributed by atoms with Crippen molar-refractivity contribution in [3.63, 3.8) is 0 Å². The van der Waals surface area contributed by atoms with Gasteiger partial charge in [-0.25, -0.2) is 0 Å². The molecular weight excluding hydrogens is 208 g/mol. The molecule has 0 radical (unpaired) electrons. The molecule has 17 heavy (non-hydrogen) atoms. The van der Waals surface area contributed by atoms with Gasteiger partial charge in [-0.05, 0) is 37.4 Å². The van der Waals surface area contributed by atoms with Crippen molar-refractivity contribution in [3.8, 4) is 0 Å². The molecule has 0 aliphatic carbocycles. The predicted octanol–water partition coefficient (Wildman–Crippen LogP) is 3.87. The molecule has 0 saturated carbocycles. The average molecular weight is 234 g/mol. The van der Waals surface area contributed by atoms with Crippen LogP contribution in [-0.4, -0.2) is 11.5 Å². The summed E-state index contributed by atoms with van der Waals surface area (Å²) >= 11 is 0. The van der Waals surface area contributed by atoms with E-state index in [0.29, 0.717) is 6.04 Å². The van der Waals surface area contributed by atoms with E-state index in [4.69, 9.17) is 0 Å². The number of aryl methyl sites for hydroxylation is 1. The Morgan fingerprint density at radius 1 is 1.24 bits per heavy atom. The first-order valence-electron chi connectivity index (χ1n) is 6.87. The molecule has 0 amide bonds. The quantitative estimate of drug-likeness (QED) is 0.774. The third kappa shape index (κ3) is 4.12. The molecule has 1 rings (SSSR count). The molecule has 96 valence electrons. The van der Waals surface area contributed by atoms with Crippen LogP contribution in [0.3, 0.4) is 0 Å². The molecule has 0 aliphatic rings. The highest BCUT2D eigenvalue weighted by Crippen LogP contribution is 2.25. The minimum Gasteiger partial charge on any atom is -0.309 e. The van der Waals surface area contributed by atoms with Gasteiger partial charge < -0.3 is 5.32 Å². The highest BCUT2D eigenvalue weighted by Gasteiger charge is 2.17. The van der Waals surface area contributed by atoms with Crippen LogP contribution in [0, 0.1) is 12.8 Å². The van der Waals surface area contributed by atoms with Crippen molar-refractivity contribution in [1.82, 2.24) is 10.3 Å². The van der Waals surface area contributed by atoms with Crippen molar-refractivity contribution in [2.75, 3.05) is 6.54 Å². The summed E-state index contributed by atoms with van der Waals surface area (Å²) in [6.07, 6.45) is 5.60. The molecule has 1 atom stereocenters. The fourth-order valence-electron chi connectivity index (χ4n) is 2.36. The van der Waals surface area contributed by atoms with Gasteiger partial charge in [-0.2, -0.15) is 0 Å². The SMILES string of the molecule is CCNC(CC(CC)CC)c1ncccc1C. The maximum absolute atomic E-state index is 4.56. The van der Waals surface area contributed by atoms with Crippen LogP contribution in [-0.2, 0) is 0 Å². The topological polar surface area (TPSA) is 24.9 Å². The standard InChI is InChI=1S/C15H26N2/c1-5-13(6-2)11-14(16-7-3)15-12(4)9-8-10-17-15/h8-10,13-14,16H,5-7,11H2,1-4H3. The van der Waals surface area contributed by atoms with Crippen molar-refractivity contribution in [2.45, 2.75) is 53.0 Å². The largest absolute Gasteiger partial charge is 0.309 e. The Balaban J connectivity index is 2.81. The van der Waals surface area contributed by atoms with E-state index in [1.807, 2.05) is 12.3 Å². The van der Waals surface area contributed by atoms with Crippen LogP contribution < -0.4 is 5.32 Å². The molecule has 0 aromatic carbocycles. The smallest absolute Gasteiger partial charge is 0.0602 e. The van der Waals surface area contributed by atoms with E-state index in [9.17, 15) is 0 Å². The highest BCUT2D eigenvalue weighted by atomic mass is 14.9. The van der Waals surface area contributed by atoms with E-state index >= 15 is 0 Å². The summed E-state index contributed by atoms with van der Waals surface area (Å²) < 4.78 is 0. The van der Waals surface area contributed by atoms with E-state index in [2.05, 4.69) is 44.1 Å². The van der Waals surface area contributed by atoms with Crippen LogP contribution in [0.1, 0.15) is 57.3 Å². The first-order valence-corrected chi connectivity index (χ1v) is 6.87. The number of hydrogen-bond donors (Lipinski definition) is 1. The number of rotatable bonds is 7. The minimum absolute atomic E-state index is 0.408.